The van der Waals surface area contributed by atoms with Crippen molar-refractivity contribution in [1.82, 2.24) is 0 Å². The van der Waals surface area contributed by atoms with Crippen LogP contribution in [0, 0.1) is 17.2 Å². The molecule has 0 aliphatic rings. The van der Waals surface area contributed by atoms with Crippen LogP contribution in [0.2, 0.25) is 0 Å². The lowest BCUT2D eigenvalue weighted by Gasteiger charge is -2.15. The van der Waals surface area contributed by atoms with Gasteiger partial charge in [-0.25, -0.2) is 0 Å². The lowest BCUT2D eigenvalue weighted by atomic mass is 10.1. The predicted molar refractivity (Wildman–Crippen MR) is 73.9 cm³/mol. The molecule has 0 heterocycles. The van der Waals surface area contributed by atoms with E-state index in [2.05, 4.69) is 19.9 Å². The quantitative estimate of drug-likeness (QED) is 0.822. The molecule has 0 aliphatic carbocycles. The zero-order valence-electron chi connectivity index (χ0n) is 11.3. The SMILES string of the molecule is COc1cc(CS(=O)C(C)C(C)C)ccc1C#N. The number of benzene rings is 1. The number of nitrogens with zero attached hydrogens (tertiary/aromatic N) is 1. The molecule has 0 spiro atoms. The standard InChI is InChI=1S/C14H19NO2S/c1-10(2)11(3)18(16)9-12-5-6-13(8-15)14(7-12)17-4/h5-7,10-11H,9H2,1-4H3. The summed E-state index contributed by atoms with van der Waals surface area (Å²) in [6, 6.07) is 7.42. The Balaban J connectivity index is 2.87. The van der Waals surface area contributed by atoms with E-state index in [9.17, 15) is 4.21 Å². The van der Waals surface area contributed by atoms with Gasteiger partial charge in [-0.3, -0.25) is 4.21 Å². The fourth-order valence-corrected chi connectivity index (χ4v) is 2.90. The first-order valence-electron chi connectivity index (χ1n) is 5.93. The number of ether oxygens (including phenoxy) is 1. The third kappa shape index (κ3) is 3.58. The zero-order chi connectivity index (χ0) is 13.7. The molecule has 0 aliphatic heterocycles. The van der Waals surface area contributed by atoms with Crippen LogP contribution in [-0.2, 0) is 16.6 Å². The van der Waals surface area contributed by atoms with Crippen molar-refractivity contribution >= 4 is 10.8 Å². The minimum atomic E-state index is -0.903. The summed E-state index contributed by atoms with van der Waals surface area (Å²) < 4.78 is 17.3. The highest BCUT2D eigenvalue weighted by atomic mass is 32.2. The molecule has 3 nitrogen and oxygen atoms in total. The van der Waals surface area contributed by atoms with Gasteiger partial charge in [-0.05, 0) is 23.6 Å². The van der Waals surface area contributed by atoms with Crippen LogP contribution in [0.15, 0.2) is 18.2 Å². The van der Waals surface area contributed by atoms with Crippen LogP contribution in [0.1, 0.15) is 31.9 Å². The maximum atomic E-state index is 12.1. The molecular weight excluding hydrogens is 246 g/mol. The molecule has 1 rings (SSSR count). The fraction of sp³-hybridized carbons (Fsp3) is 0.500. The lowest BCUT2D eigenvalue weighted by molar-refractivity contribution is 0.413. The molecule has 2 atom stereocenters. The molecule has 0 radical (unpaired) electrons. The maximum Gasteiger partial charge on any atom is 0.136 e. The maximum absolute atomic E-state index is 12.1. The lowest BCUT2D eigenvalue weighted by Crippen LogP contribution is -2.18. The number of hydrogen-bond acceptors (Lipinski definition) is 3. The molecule has 0 amide bonds. The summed E-state index contributed by atoms with van der Waals surface area (Å²) in [6.07, 6.45) is 0. The van der Waals surface area contributed by atoms with Crippen LogP contribution >= 0.6 is 0 Å². The van der Waals surface area contributed by atoms with E-state index in [4.69, 9.17) is 10.00 Å². The number of hydrogen-bond donors (Lipinski definition) is 0. The van der Waals surface area contributed by atoms with Crippen LogP contribution in [-0.4, -0.2) is 16.6 Å². The normalized spacial score (nSPS) is 14.0. The second-order valence-electron chi connectivity index (χ2n) is 4.62. The van der Waals surface area contributed by atoms with Gasteiger partial charge in [0.15, 0.2) is 0 Å². The van der Waals surface area contributed by atoms with Crippen molar-refractivity contribution in [2.45, 2.75) is 31.8 Å². The highest BCUT2D eigenvalue weighted by Gasteiger charge is 2.16. The number of rotatable bonds is 5. The van der Waals surface area contributed by atoms with Crippen molar-refractivity contribution in [3.8, 4) is 11.8 Å². The Labute approximate surface area is 111 Å². The van der Waals surface area contributed by atoms with E-state index in [0.29, 0.717) is 23.0 Å². The van der Waals surface area contributed by atoms with Crippen LogP contribution in [0.25, 0.3) is 0 Å². The van der Waals surface area contributed by atoms with E-state index in [1.165, 1.54) is 7.11 Å². The van der Waals surface area contributed by atoms with Crippen molar-refractivity contribution < 1.29 is 8.95 Å². The topological polar surface area (TPSA) is 50.1 Å². The predicted octanol–water partition coefficient (Wildman–Crippen LogP) is 2.86. The highest BCUT2D eigenvalue weighted by Crippen LogP contribution is 2.21. The molecule has 0 saturated carbocycles. The Hall–Kier alpha value is -1.34. The van der Waals surface area contributed by atoms with Gasteiger partial charge in [-0.2, -0.15) is 5.26 Å². The second kappa shape index (κ2) is 6.55. The molecule has 18 heavy (non-hydrogen) atoms. The van der Waals surface area contributed by atoms with Crippen molar-refractivity contribution in [2.75, 3.05) is 7.11 Å². The summed E-state index contributed by atoms with van der Waals surface area (Å²) in [5, 5.41) is 9.05. The van der Waals surface area contributed by atoms with Crippen molar-refractivity contribution in [3.63, 3.8) is 0 Å². The van der Waals surface area contributed by atoms with Gasteiger partial charge in [0.1, 0.15) is 11.8 Å². The zero-order valence-corrected chi connectivity index (χ0v) is 12.1. The Morgan fingerprint density at radius 1 is 1.39 bits per heavy atom. The van der Waals surface area contributed by atoms with E-state index in [-0.39, 0.29) is 5.25 Å². The minimum absolute atomic E-state index is 0.159. The fourth-order valence-electron chi connectivity index (χ4n) is 1.52. The Bertz CT molecular complexity index is 477. The summed E-state index contributed by atoms with van der Waals surface area (Å²) in [6.45, 7) is 6.14. The van der Waals surface area contributed by atoms with Gasteiger partial charge in [0.2, 0.25) is 0 Å². The van der Waals surface area contributed by atoms with Gasteiger partial charge in [0.05, 0.1) is 12.7 Å². The van der Waals surface area contributed by atoms with Crippen molar-refractivity contribution in [2.24, 2.45) is 5.92 Å². The Morgan fingerprint density at radius 3 is 2.56 bits per heavy atom. The summed E-state index contributed by atoms with van der Waals surface area (Å²) in [7, 11) is 0.632. The average Bonchev–Trinajstić information content (AvgIpc) is 2.37. The van der Waals surface area contributed by atoms with E-state index in [0.717, 1.165) is 5.56 Å². The van der Waals surface area contributed by atoms with Crippen LogP contribution in [0.3, 0.4) is 0 Å². The first-order chi connectivity index (χ1) is 8.49. The van der Waals surface area contributed by atoms with Gasteiger partial charge in [0, 0.05) is 21.8 Å². The van der Waals surface area contributed by atoms with E-state index >= 15 is 0 Å². The second-order valence-corrected chi connectivity index (χ2v) is 6.41. The third-order valence-corrected chi connectivity index (χ3v) is 5.04. The highest BCUT2D eigenvalue weighted by molar-refractivity contribution is 7.84. The molecule has 4 heteroatoms. The molecule has 1 aromatic carbocycles. The van der Waals surface area contributed by atoms with Crippen LogP contribution in [0.5, 0.6) is 5.75 Å². The molecular formula is C14H19NO2S. The molecule has 0 aromatic heterocycles. The monoisotopic (exact) mass is 265 g/mol. The van der Waals surface area contributed by atoms with E-state index < -0.39 is 10.8 Å². The molecule has 0 N–H and O–H groups in total. The third-order valence-electron chi connectivity index (χ3n) is 3.05. The molecule has 1 aromatic rings. The molecule has 0 bridgehead atoms. The average molecular weight is 265 g/mol. The molecule has 0 fully saturated rings. The van der Waals surface area contributed by atoms with E-state index in [1.807, 2.05) is 13.0 Å². The largest absolute Gasteiger partial charge is 0.495 e. The first kappa shape index (κ1) is 14.7. The molecule has 98 valence electrons. The molecule has 0 saturated heterocycles. The van der Waals surface area contributed by atoms with Crippen molar-refractivity contribution in [3.05, 3.63) is 29.3 Å². The number of methoxy groups -OCH3 is 1. The summed E-state index contributed by atoms with van der Waals surface area (Å²) in [4.78, 5) is 0. The van der Waals surface area contributed by atoms with Crippen LogP contribution < -0.4 is 4.74 Å². The Morgan fingerprint density at radius 2 is 2.06 bits per heavy atom. The molecule has 2 unspecified atom stereocenters. The van der Waals surface area contributed by atoms with Gasteiger partial charge in [-0.1, -0.05) is 26.8 Å². The summed E-state index contributed by atoms with van der Waals surface area (Å²) >= 11 is 0. The van der Waals surface area contributed by atoms with E-state index in [1.54, 1.807) is 12.1 Å². The number of nitriles is 1. The minimum Gasteiger partial charge on any atom is -0.495 e. The van der Waals surface area contributed by atoms with Gasteiger partial charge >= 0.3 is 0 Å². The Kier molecular flexibility index (Phi) is 5.36. The summed E-state index contributed by atoms with van der Waals surface area (Å²) in [5.41, 5.74) is 1.45. The van der Waals surface area contributed by atoms with Gasteiger partial charge in [0.25, 0.3) is 0 Å². The smallest absolute Gasteiger partial charge is 0.136 e. The first-order valence-corrected chi connectivity index (χ1v) is 7.32. The van der Waals surface area contributed by atoms with Gasteiger partial charge in [-0.15, -0.1) is 0 Å². The van der Waals surface area contributed by atoms with Crippen molar-refractivity contribution in [1.29, 1.82) is 5.26 Å². The van der Waals surface area contributed by atoms with Crippen LogP contribution in [0.4, 0.5) is 0 Å². The van der Waals surface area contributed by atoms with Gasteiger partial charge < -0.3 is 4.74 Å². The summed E-state index contributed by atoms with van der Waals surface area (Å²) in [5.74, 6) is 1.44.